The number of aryl methyl sites for hydroxylation is 2. The topological polar surface area (TPSA) is 75.3 Å². The minimum Gasteiger partial charge on any atom is -0.340 e. The fourth-order valence-electron chi connectivity index (χ4n) is 3.23. The first kappa shape index (κ1) is 22.1. The van der Waals surface area contributed by atoms with Crippen LogP contribution in [0.4, 0.5) is 5.69 Å². The Labute approximate surface area is 182 Å². The van der Waals surface area contributed by atoms with Crippen molar-refractivity contribution in [3.05, 3.63) is 87.1 Å². The molecule has 3 aromatic rings. The van der Waals surface area contributed by atoms with Crippen molar-refractivity contribution in [1.29, 1.82) is 0 Å². The summed E-state index contributed by atoms with van der Waals surface area (Å²) in [6.07, 6.45) is 3.20. The van der Waals surface area contributed by atoms with Crippen LogP contribution in [0.25, 0.3) is 0 Å². The van der Waals surface area contributed by atoms with Gasteiger partial charge >= 0.3 is 0 Å². The van der Waals surface area contributed by atoms with Crippen LogP contribution in [0.1, 0.15) is 51.3 Å². The van der Waals surface area contributed by atoms with E-state index in [1.807, 2.05) is 17.5 Å². The van der Waals surface area contributed by atoms with Gasteiger partial charge in [0.25, 0.3) is 5.91 Å². The van der Waals surface area contributed by atoms with E-state index in [0.29, 0.717) is 11.3 Å². The molecule has 0 saturated carbocycles. The van der Waals surface area contributed by atoms with Gasteiger partial charge < -0.3 is 5.32 Å². The number of amides is 1. The van der Waals surface area contributed by atoms with E-state index in [9.17, 15) is 13.2 Å². The molecule has 5 nitrogen and oxygen atoms in total. The van der Waals surface area contributed by atoms with Gasteiger partial charge in [0, 0.05) is 10.4 Å². The number of thiophene rings is 1. The summed E-state index contributed by atoms with van der Waals surface area (Å²) in [5.41, 5.74) is 3.83. The molecule has 0 radical (unpaired) electrons. The molecule has 1 atom stereocenters. The number of rotatable bonds is 8. The number of hydrogen-bond donors (Lipinski definition) is 2. The van der Waals surface area contributed by atoms with Gasteiger partial charge in [-0.15, -0.1) is 11.3 Å². The molecule has 1 heterocycles. The van der Waals surface area contributed by atoms with Crippen molar-refractivity contribution >= 4 is 33.0 Å². The number of anilines is 1. The van der Waals surface area contributed by atoms with Crippen LogP contribution in [0.15, 0.2) is 60.0 Å². The highest BCUT2D eigenvalue weighted by atomic mass is 32.2. The second-order valence-corrected chi connectivity index (χ2v) is 10.0. The summed E-state index contributed by atoms with van der Waals surface area (Å²) in [6.45, 7) is 3.94. The van der Waals surface area contributed by atoms with Gasteiger partial charge in [-0.1, -0.05) is 49.7 Å². The highest BCUT2D eigenvalue weighted by molar-refractivity contribution is 7.92. The molecular formula is C23H26N2O3S2. The van der Waals surface area contributed by atoms with Crippen molar-refractivity contribution in [1.82, 2.24) is 5.32 Å². The first-order chi connectivity index (χ1) is 14.3. The van der Waals surface area contributed by atoms with Gasteiger partial charge in [0.2, 0.25) is 10.0 Å². The number of benzene rings is 2. The van der Waals surface area contributed by atoms with Crippen LogP contribution in [0.2, 0.25) is 0 Å². The molecular weight excluding hydrogens is 416 g/mol. The average Bonchev–Trinajstić information content (AvgIpc) is 3.22. The van der Waals surface area contributed by atoms with Crippen LogP contribution in [-0.4, -0.2) is 20.6 Å². The third-order valence-electron chi connectivity index (χ3n) is 4.75. The monoisotopic (exact) mass is 442 g/mol. The first-order valence-corrected chi connectivity index (χ1v) is 12.6. The molecule has 2 aromatic carbocycles. The van der Waals surface area contributed by atoms with Crippen molar-refractivity contribution in [3.8, 4) is 0 Å². The lowest BCUT2D eigenvalue weighted by molar-refractivity contribution is 0.0943. The van der Waals surface area contributed by atoms with Crippen LogP contribution >= 0.6 is 11.3 Å². The Balaban J connectivity index is 1.88. The summed E-state index contributed by atoms with van der Waals surface area (Å²) in [7, 11) is -3.43. The lowest BCUT2D eigenvalue weighted by atomic mass is 10.0. The summed E-state index contributed by atoms with van der Waals surface area (Å²) in [5, 5.41) is 5.09. The summed E-state index contributed by atoms with van der Waals surface area (Å²) in [4.78, 5) is 14.1. The van der Waals surface area contributed by atoms with Crippen LogP contribution in [0.3, 0.4) is 0 Å². The number of nitrogens with one attached hydrogen (secondary N) is 2. The molecule has 0 unspecified atom stereocenters. The molecule has 0 saturated heterocycles. The molecule has 0 bridgehead atoms. The maximum atomic E-state index is 13.0. The molecule has 0 aliphatic carbocycles. The zero-order valence-electron chi connectivity index (χ0n) is 17.3. The Bertz CT molecular complexity index is 1110. The maximum absolute atomic E-state index is 13.0. The van der Waals surface area contributed by atoms with E-state index in [-0.39, 0.29) is 11.9 Å². The Morgan fingerprint density at radius 2 is 1.83 bits per heavy atom. The molecule has 1 aromatic heterocycles. The first-order valence-electron chi connectivity index (χ1n) is 9.78. The Hall–Kier alpha value is -2.64. The fraction of sp³-hybridized carbons (Fsp3) is 0.261. The molecule has 0 aliphatic heterocycles. The third kappa shape index (κ3) is 5.70. The van der Waals surface area contributed by atoms with Gasteiger partial charge in [0.05, 0.1) is 18.0 Å². The second kappa shape index (κ2) is 9.45. The molecule has 3 rings (SSSR count). The Kier molecular flexibility index (Phi) is 6.95. The van der Waals surface area contributed by atoms with Crippen LogP contribution in [0, 0.1) is 6.92 Å². The van der Waals surface area contributed by atoms with Crippen LogP contribution in [-0.2, 0) is 16.4 Å². The van der Waals surface area contributed by atoms with Gasteiger partial charge in [0.1, 0.15) is 0 Å². The highest BCUT2D eigenvalue weighted by Gasteiger charge is 2.20. The van der Waals surface area contributed by atoms with Gasteiger partial charge in [-0.05, 0) is 53.6 Å². The minimum atomic E-state index is -3.43. The number of hydrogen-bond acceptors (Lipinski definition) is 4. The molecule has 0 fully saturated rings. The maximum Gasteiger partial charge on any atom is 0.252 e. The van der Waals surface area contributed by atoms with E-state index in [0.717, 1.165) is 35.1 Å². The molecule has 0 aliphatic rings. The number of sulfonamides is 1. The normalized spacial score (nSPS) is 12.4. The van der Waals surface area contributed by atoms with Crippen molar-refractivity contribution in [3.63, 3.8) is 0 Å². The highest BCUT2D eigenvalue weighted by Crippen LogP contribution is 2.27. The largest absolute Gasteiger partial charge is 0.340 e. The lowest BCUT2D eigenvalue weighted by Gasteiger charge is -2.19. The summed E-state index contributed by atoms with van der Waals surface area (Å²) in [5.74, 6) is -0.261. The number of carbonyl (C=O) groups is 1. The third-order valence-corrected chi connectivity index (χ3v) is 6.28. The van der Waals surface area contributed by atoms with E-state index in [1.54, 1.807) is 36.5 Å². The van der Waals surface area contributed by atoms with E-state index in [1.165, 1.54) is 5.56 Å². The molecule has 7 heteroatoms. The average molecular weight is 443 g/mol. The Morgan fingerprint density at radius 3 is 2.43 bits per heavy atom. The zero-order chi connectivity index (χ0) is 21.7. The number of carbonyl (C=O) groups excluding carboxylic acids is 1. The molecule has 158 valence electrons. The molecule has 0 spiro atoms. The predicted octanol–water partition coefficient (Wildman–Crippen LogP) is 4.90. The van der Waals surface area contributed by atoms with E-state index in [4.69, 9.17) is 0 Å². The van der Waals surface area contributed by atoms with Gasteiger partial charge in [-0.25, -0.2) is 8.42 Å². The van der Waals surface area contributed by atoms with E-state index >= 15 is 0 Å². The summed E-state index contributed by atoms with van der Waals surface area (Å²) < 4.78 is 25.7. The Morgan fingerprint density at radius 1 is 1.10 bits per heavy atom. The van der Waals surface area contributed by atoms with Crippen molar-refractivity contribution in [2.24, 2.45) is 0 Å². The van der Waals surface area contributed by atoms with Gasteiger partial charge in [-0.2, -0.15) is 0 Å². The zero-order valence-corrected chi connectivity index (χ0v) is 18.9. The van der Waals surface area contributed by atoms with Crippen molar-refractivity contribution in [2.45, 2.75) is 32.7 Å². The smallest absolute Gasteiger partial charge is 0.252 e. The lowest BCUT2D eigenvalue weighted by Crippen LogP contribution is -2.29. The predicted molar refractivity (Wildman–Crippen MR) is 124 cm³/mol. The summed E-state index contributed by atoms with van der Waals surface area (Å²) >= 11 is 1.58. The van der Waals surface area contributed by atoms with Gasteiger partial charge in [0.15, 0.2) is 0 Å². The van der Waals surface area contributed by atoms with E-state index < -0.39 is 10.0 Å². The quantitative estimate of drug-likeness (QED) is 0.521. The van der Waals surface area contributed by atoms with Gasteiger partial charge in [-0.3, -0.25) is 9.52 Å². The summed E-state index contributed by atoms with van der Waals surface area (Å²) in [6, 6.07) is 17.0. The molecule has 1 amide bonds. The minimum absolute atomic E-state index is 0.261. The van der Waals surface area contributed by atoms with E-state index in [2.05, 4.69) is 41.2 Å². The van der Waals surface area contributed by atoms with Crippen molar-refractivity contribution in [2.75, 3.05) is 11.0 Å². The van der Waals surface area contributed by atoms with Crippen LogP contribution in [0.5, 0.6) is 0 Å². The molecule has 2 N–H and O–H groups in total. The van der Waals surface area contributed by atoms with Crippen LogP contribution < -0.4 is 10.0 Å². The van der Waals surface area contributed by atoms with Crippen molar-refractivity contribution < 1.29 is 13.2 Å². The second-order valence-electron chi connectivity index (χ2n) is 7.32. The molecule has 30 heavy (non-hydrogen) atoms. The fourth-order valence-corrected chi connectivity index (χ4v) is 4.65. The SMILES string of the molecule is CCCc1ccc([C@@H](NC(=O)c2ccc(C)c(NS(C)(=O)=O)c2)c2cccs2)cc1. The standard InChI is InChI=1S/C23H26N2O3S2/c1-4-6-17-9-12-18(13-10-17)22(21-7-5-14-29-21)24-23(26)19-11-8-16(2)20(15-19)25-30(3,27)28/h5,7-15,22,25H,4,6H2,1-3H3,(H,24,26)/t22-/m1/s1.